The molecule has 0 amide bonds. The highest BCUT2D eigenvalue weighted by Gasteiger charge is 2.38. The summed E-state index contributed by atoms with van der Waals surface area (Å²) in [6, 6.07) is 0. The Labute approximate surface area is 88.9 Å². The lowest BCUT2D eigenvalue weighted by Crippen LogP contribution is -2.40. The minimum atomic E-state index is -0.817. The first kappa shape index (κ1) is 11.9. The lowest BCUT2D eigenvalue weighted by atomic mass is 9.76. The summed E-state index contributed by atoms with van der Waals surface area (Å²) in [6.07, 6.45) is 3.03. The van der Waals surface area contributed by atoms with Gasteiger partial charge in [0.25, 0.3) is 0 Å². The van der Waals surface area contributed by atoms with Gasteiger partial charge >= 0.3 is 0 Å². The molecule has 1 saturated carbocycles. The molecule has 0 aromatic heterocycles. The monoisotopic (exact) mass is 216 g/mol. The highest BCUT2D eigenvalue weighted by molar-refractivity contribution is 7.85. The molecule has 0 N–H and O–H groups in total. The molecule has 0 aromatic rings. The predicted molar refractivity (Wildman–Crippen MR) is 59.7 cm³/mol. The molecule has 1 fully saturated rings. The Morgan fingerprint density at radius 1 is 1.50 bits per heavy atom. The number of hydrogen-bond donors (Lipinski definition) is 0. The lowest BCUT2D eigenvalue weighted by molar-refractivity contribution is -0.121. The Bertz CT molecular complexity index is 246. The van der Waals surface area contributed by atoms with Crippen LogP contribution in [-0.4, -0.2) is 21.0 Å². The second-order valence-corrected chi connectivity index (χ2v) is 6.54. The van der Waals surface area contributed by atoms with Crippen molar-refractivity contribution in [1.29, 1.82) is 0 Å². The molecule has 1 aliphatic rings. The average Bonchev–Trinajstić information content (AvgIpc) is 2.10. The van der Waals surface area contributed by atoms with Gasteiger partial charge in [0.1, 0.15) is 5.78 Å². The zero-order chi connectivity index (χ0) is 10.8. The van der Waals surface area contributed by atoms with Crippen LogP contribution >= 0.6 is 0 Å². The summed E-state index contributed by atoms with van der Waals surface area (Å²) < 4.78 is 11.9. The van der Waals surface area contributed by atoms with Crippen molar-refractivity contribution in [2.75, 3.05) is 5.75 Å². The molecule has 0 saturated heterocycles. The maximum absolute atomic E-state index is 11.9. The Morgan fingerprint density at radius 3 is 2.71 bits per heavy atom. The number of rotatable bonds is 3. The van der Waals surface area contributed by atoms with Gasteiger partial charge in [-0.15, -0.1) is 0 Å². The predicted octanol–water partition coefficient (Wildman–Crippen LogP) is 2.29. The van der Waals surface area contributed by atoms with Gasteiger partial charge < -0.3 is 0 Å². The van der Waals surface area contributed by atoms with E-state index in [0.29, 0.717) is 18.6 Å². The molecule has 2 nitrogen and oxygen atoms in total. The molecule has 82 valence electrons. The minimum absolute atomic E-state index is 0.0773. The Hall–Kier alpha value is -0.180. The molecule has 0 aliphatic heterocycles. The topological polar surface area (TPSA) is 34.1 Å². The van der Waals surface area contributed by atoms with E-state index in [4.69, 9.17) is 0 Å². The molecule has 2 atom stereocenters. The average molecular weight is 216 g/mol. The van der Waals surface area contributed by atoms with Crippen LogP contribution in [0.1, 0.15) is 46.5 Å². The molecule has 1 rings (SSSR count). The maximum Gasteiger partial charge on any atom is 0.134 e. The van der Waals surface area contributed by atoms with Crippen LogP contribution in [0.2, 0.25) is 0 Å². The molecule has 1 aliphatic carbocycles. The Kier molecular flexibility index (Phi) is 3.87. The largest absolute Gasteiger partial charge is 0.300 e. The van der Waals surface area contributed by atoms with Crippen molar-refractivity contribution in [3.05, 3.63) is 0 Å². The smallest absolute Gasteiger partial charge is 0.134 e. The van der Waals surface area contributed by atoms with E-state index in [1.165, 1.54) is 0 Å². The zero-order valence-corrected chi connectivity index (χ0v) is 10.2. The van der Waals surface area contributed by atoms with Gasteiger partial charge in [0.05, 0.1) is 0 Å². The molecule has 0 spiro atoms. The van der Waals surface area contributed by atoms with Crippen molar-refractivity contribution in [3.63, 3.8) is 0 Å². The van der Waals surface area contributed by atoms with Crippen LogP contribution in [0.4, 0.5) is 0 Å². The normalized spacial score (nSPS) is 28.8. The van der Waals surface area contributed by atoms with Crippen molar-refractivity contribution in [2.24, 2.45) is 5.41 Å². The van der Waals surface area contributed by atoms with E-state index in [9.17, 15) is 9.00 Å². The summed E-state index contributed by atoms with van der Waals surface area (Å²) in [5.74, 6) is 1.03. The first-order valence-corrected chi connectivity index (χ1v) is 6.74. The molecular formula is C11H20O2S. The Morgan fingerprint density at radius 2 is 2.14 bits per heavy atom. The molecule has 0 heterocycles. The third-order valence-electron chi connectivity index (χ3n) is 3.06. The molecule has 0 radical (unpaired) electrons. The summed E-state index contributed by atoms with van der Waals surface area (Å²) in [5, 5.41) is 0.0868. The van der Waals surface area contributed by atoms with Gasteiger partial charge in [-0.2, -0.15) is 0 Å². The van der Waals surface area contributed by atoms with E-state index < -0.39 is 10.8 Å². The summed E-state index contributed by atoms with van der Waals surface area (Å²) in [5.41, 5.74) is 0.0773. The quantitative estimate of drug-likeness (QED) is 0.725. The first-order valence-electron chi connectivity index (χ1n) is 5.36. The fourth-order valence-corrected chi connectivity index (χ4v) is 3.89. The van der Waals surface area contributed by atoms with Crippen molar-refractivity contribution >= 4 is 16.6 Å². The number of Topliss-reactive ketones (excluding diaryl/α,β-unsaturated/α-hetero) is 1. The number of carbonyl (C=O) groups excluding carboxylic acids is 1. The van der Waals surface area contributed by atoms with Crippen LogP contribution in [-0.2, 0) is 15.6 Å². The third kappa shape index (κ3) is 2.66. The van der Waals surface area contributed by atoms with Gasteiger partial charge in [-0.25, -0.2) is 0 Å². The van der Waals surface area contributed by atoms with Crippen LogP contribution in [0.15, 0.2) is 0 Å². The number of hydrogen-bond acceptors (Lipinski definition) is 2. The van der Waals surface area contributed by atoms with E-state index in [-0.39, 0.29) is 10.7 Å². The van der Waals surface area contributed by atoms with Crippen LogP contribution < -0.4 is 0 Å². The number of carbonyl (C=O) groups is 1. The SMILES string of the molecule is CCCS(=O)C1CC(=O)CCC1(C)C. The van der Waals surface area contributed by atoms with E-state index in [2.05, 4.69) is 13.8 Å². The van der Waals surface area contributed by atoms with Gasteiger partial charge in [0.15, 0.2) is 0 Å². The fourth-order valence-electron chi connectivity index (χ4n) is 2.00. The highest BCUT2D eigenvalue weighted by Crippen LogP contribution is 2.37. The third-order valence-corrected chi connectivity index (χ3v) is 5.31. The molecule has 2 unspecified atom stereocenters. The first-order chi connectivity index (χ1) is 6.47. The van der Waals surface area contributed by atoms with Gasteiger partial charge in [0.2, 0.25) is 0 Å². The van der Waals surface area contributed by atoms with E-state index in [1.807, 2.05) is 6.92 Å². The zero-order valence-electron chi connectivity index (χ0n) is 9.34. The summed E-state index contributed by atoms with van der Waals surface area (Å²) in [6.45, 7) is 6.31. The van der Waals surface area contributed by atoms with Crippen LogP contribution in [0.3, 0.4) is 0 Å². The van der Waals surface area contributed by atoms with Gasteiger partial charge in [-0.3, -0.25) is 9.00 Å². The lowest BCUT2D eigenvalue weighted by Gasteiger charge is -2.37. The molecular weight excluding hydrogens is 196 g/mol. The molecule has 0 bridgehead atoms. The van der Waals surface area contributed by atoms with Crippen molar-refractivity contribution in [2.45, 2.75) is 51.7 Å². The van der Waals surface area contributed by atoms with Crippen molar-refractivity contribution in [1.82, 2.24) is 0 Å². The van der Waals surface area contributed by atoms with Gasteiger partial charge in [0, 0.05) is 34.6 Å². The highest BCUT2D eigenvalue weighted by atomic mass is 32.2. The van der Waals surface area contributed by atoms with E-state index >= 15 is 0 Å². The molecule has 14 heavy (non-hydrogen) atoms. The van der Waals surface area contributed by atoms with E-state index in [1.54, 1.807) is 0 Å². The minimum Gasteiger partial charge on any atom is -0.300 e. The standard InChI is InChI=1S/C11H20O2S/c1-4-7-14(13)10-8-9(12)5-6-11(10,2)3/h10H,4-8H2,1-3H3. The van der Waals surface area contributed by atoms with Gasteiger partial charge in [-0.05, 0) is 18.3 Å². The summed E-state index contributed by atoms with van der Waals surface area (Å²) in [7, 11) is -0.817. The van der Waals surface area contributed by atoms with E-state index in [0.717, 1.165) is 18.6 Å². The Balaban J connectivity index is 2.71. The van der Waals surface area contributed by atoms with Crippen molar-refractivity contribution < 1.29 is 9.00 Å². The van der Waals surface area contributed by atoms with Gasteiger partial charge in [-0.1, -0.05) is 20.8 Å². The van der Waals surface area contributed by atoms with Crippen molar-refractivity contribution in [3.8, 4) is 0 Å². The van der Waals surface area contributed by atoms with Crippen LogP contribution in [0.5, 0.6) is 0 Å². The maximum atomic E-state index is 11.9. The fraction of sp³-hybridized carbons (Fsp3) is 0.909. The summed E-state index contributed by atoms with van der Waals surface area (Å²) in [4.78, 5) is 11.3. The van der Waals surface area contributed by atoms with Crippen LogP contribution in [0, 0.1) is 5.41 Å². The second kappa shape index (κ2) is 4.56. The summed E-state index contributed by atoms with van der Waals surface area (Å²) >= 11 is 0. The number of ketones is 1. The second-order valence-electron chi connectivity index (χ2n) is 4.80. The van der Waals surface area contributed by atoms with Crippen LogP contribution in [0.25, 0.3) is 0 Å². The molecule has 3 heteroatoms. The molecule has 0 aromatic carbocycles.